The molecule has 0 bridgehead atoms. The summed E-state index contributed by atoms with van der Waals surface area (Å²) in [5.41, 5.74) is 0. The van der Waals surface area contributed by atoms with Crippen molar-refractivity contribution in [1.82, 2.24) is 14.9 Å². The molecule has 19 heavy (non-hydrogen) atoms. The lowest BCUT2D eigenvalue weighted by Crippen LogP contribution is -2.39. The number of aliphatic carboxylic acids is 1. The molecule has 0 saturated carbocycles. The SMILES string of the molecule is CN(CCCC(=O)O)C(=O)NCCCNS(C)(=O)=O. The van der Waals surface area contributed by atoms with Crippen molar-refractivity contribution < 1.29 is 23.1 Å². The normalized spacial score (nSPS) is 11.1. The minimum Gasteiger partial charge on any atom is -0.481 e. The van der Waals surface area contributed by atoms with Crippen LogP contribution in [-0.2, 0) is 14.8 Å². The summed E-state index contributed by atoms with van der Waals surface area (Å²) in [4.78, 5) is 23.2. The van der Waals surface area contributed by atoms with E-state index in [1.807, 2.05) is 0 Å². The number of sulfonamides is 1. The topological polar surface area (TPSA) is 116 Å². The van der Waals surface area contributed by atoms with Gasteiger partial charge >= 0.3 is 12.0 Å². The predicted molar refractivity (Wildman–Crippen MR) is 70.4 cm³/mol. The van der Waals surface area contributed by atoms with Crippen molar-refractivity contribution in [3.8, 4) is 0 Å². The smallest absolute Gasteiger partial charge is 0.317 e. The molecule has 0 aromatic heterocycles. The zero-order valence-corrected chi connectivity index (χ0v) is 12.0. The molecule has 0 unspecified atom stereocenters. The van der Waals surface area contributed by atoms with Crippen LogP contribution in [-0.4, -0.2) is 63.4 Å². The Labute approximate surface area is 113 Å². The van der Waals surface area contributed by atoms with Gasteiger partial charge in [-0.2, -0.15) is 0 Å². The van der Waals surface area contributed by atoms with E-state index in [0.29, 0.717) is 25.9 Å². The molecule has 0 aromatic rings. The molecule has 0 atom stereocenters. The molecule has 0 saturated heterocycles. The predicted octanol–water partition coefficient (Wildman–Crippen LogP) is -0.568. The third-order valence-corrected chi connectivity index (χ3v) is 2.95. The van der Waals surface area contributed by atoms with E-state index in [0.717, 1.165) is 6.26 Å². The van der Waals surface area contributed by atoms with Gasteiger partial charge in [0.25, 0.3) is 0 Å². The van der Waals surface area contributed by atoms with E-state index in [1.165, 1.54) is 4.90 Å². The van der Waals surface area contributed by atoms with Gasteiger partial charge in [-0.05, 0) is 12.8 Å². The molecule has 0 heterocycles. The van der Waals surface area contributed by atoms with Gasteiger partial charge in [0.05, 0.1) is 6.26 Å². The van der Waals surface area contributed by atoms with Crippen molar-refractivity contribution in [2.75, 3.05) is 32.9 Å². The van der Waals surface area contributed by atoms with E-state index >= 15 is 0 Å². The van der Waals surface area contributed by atoms with Gasteiger partial charge in [-0.1, -0.05) is 0 Å². The molecule has 0 fully saturated rings. The largest absolute Gasteiger partial charge is 0.481 e. The molecule has 8 nitrogen and oxygen atoms in total. The molecule has 0 aliphatic rings. The summed E-state index contributed by atoms with van der Waals surface area (Å²) in [6.45, 7) is 0.978. The number of nitrogens with one attached hydrogen (secondary N) is 2. The Kier molecular flexibility index (Phi) is 8.08. The van der Waals surface area contributed by atoms with Crippen molar-refractivity contribution >= 4 is 22.0 Å². The Morgan fingerprint density at radius 3 is 2.37 bits per heavy atom. The molecule has 0 aliphatic heterocycles. The van der Waals surface area contributed by atoms with Crippen molar-refractivity contribution in [3.63, 3.8) is 0 Å². The van der Waals surface area contributed by atoms with Crippen LogP contribution >= 0.6 is 0 Å². The van der Waals surface area contributed by atoms with Gasteiger partial charge in [0.1, 0.15) is 0 Å². The van der Waals surface area contributed by atoms with Gasteiger partial charge in [0, 0.05) is 33.1 Å². The highest BCUT2D eigenvalue weighted by atomic mass is 32.2. The Morgan fingerprint density at radius 1 is 1.21 bits per heavy atom. The summed E-state index contributed by atoms with van der Waals surface area (Å²) in [7, 11) is -1.61. The second-order valence-corrected chi connectivity index (χ2v) is 6.00. The lowest BCUT2D eigenvalue weighted by Gasteiger charge is -2.17. The molecule has 0 radical (unpaired) electrons. The molecule has 0 spiro atoms. The number of urea groups is 1. The third kappa shape index (κ3) is 11.5. The fourth-order valence-corrected chi connectivity index (χ4v) is 1.76. The fraction of sp³-hybridized carbons (Fsp3) is 0.800. The maximum absolute atomic E-state index is 11.5. The van der Waals surface area contributed by atoms with Crippen LogP contribution in [0.2, 0.25) is 0 Å². The minimum absolute atomic E-state index is 0.0237. The van der Waals surface area contributed by atoms with E-state index in [1.54, 1.807) is 7.05 Å². The van der Waals surface area contributed by atoms with Gasteiger partial charge < -0.3 is 15.3 Å². The average Bonchev–Trinajstić information content (AvgIpc) is 2.26. The van der Waals surface area contributed by atoms with Gasteiger partial charge in [-0.15, -0.1) is 0 Å². The van der Waals surface area contributed by atoms with Crippen molar-refractivity contribution in [2.45, 2.75) is 19.3 Å². The lowest BCUT2D eigenvalue weighted by atomic mass is 10.3. The second-order valence-electron chi connectivity index (χ2n) is 4.17. The zero-order chi connectivity index (χ0) is 14.9. The monoisotopic (exact) mass is 295 g/mol. The van der Waals surface area contributed by atoms with Gasteiger partial charge in [-0.25, -0.2) is 17.9 Å². The number of hydrogen-bond donors (Lipinski definition) is 3. The molecule has 2 amide bonds. The first-order valence-electron chi connectivity index (χ1n) is 5.88. The van der Waals surface area contributed by atoms with Crippen LogP contribution in [0, 0.1) is 0 Å². The Bertz CT molecular complexity index is 396. The van der Waals surface area contributed by atoms with Crippen LogP contribution in [0.3, 0.4) is 0 Å². The van der Waals surface area contributed by atoms with Gasteiger partial charge in [-0.3, -0.25) is 4.79 Å². The minimum atomic E-state index is -3.19. The highest BCUT2D eigenvalue weighted by Crippen LogP contribution is 1.93. The molecule has 0 aromatic carbocycles. The zero-order valence-electron chi connectivity index (χ0n) is 11.2. The molecule has 112 valence electrons. The van der Waals surface area contributed by atoms with Gasteiger partial charge in [0.15, 0.2) is 0 Å². The number of carbonyl (C=O) groups is 2. The van der Waals surface area contributed by atoms with E-state index in [-0.39, 0.29) is 19.0 Å². The summed E-state index contributed by atoms with van der Waals surface area (Å²) in [5, 5.41) is 11.1. The van der Waals surface area contributed by atoms with Crippen molar-refractivity contribution in [3.05, 3.63) is 0 Å². The Balaban J connectivity index is 3.65. The van der Waals surface area contributed by atoms with Crippen molar-refractivity contribution in [2.24, 2.45) is 0 Å². The Morgan fingerprint density at radius 2 is 1.84 bits per heavy atom. The summed E-state index contributed by atoms with van der Waals surface area (Å²) < 4.78 is 23.8. The van der Waals surface area contributed by atoms with E-state index in [9.17, 15) is 18.0 Å². The number of carboxylic acids is 1. The third-order valence-electron chi connectivity index (χ3n) is 2.22. The van der Waals surface area contributed by atoms with E-state index in [2.05, 4.69) is 10.0 Å². The summed E-state index contributed by atoms with van der Waals surface area (Å²) in [5.74, 6) is -0.888. The highest BCUT2D eigenvalue weighted by molar-refractivity contribution is 7.88. The van der Waals surface area contributed by atoms with Crippen LogP contribution in [0.5, 0.6) is 0 Å². The Hall–Kier alpha value is -1.35. The number of carbonyl (C=O) groups excluding carboxylic acids is 1. The molecule has 3 N–H and O–H groups in total. The molecule has 0 rings (SSSR count). The molecular weight excluding hydrogens is 274 g/mol. The van der Waals surface area contributed by atoms with Gasteiger partial charge in [0.2, 0.25) is 10.0 Å². The fourth-order valence-electron chi connectivity index (χ4n) is 1.25. The average molecular weight is 295 g/mol. The summed E-state index contributed by atoms with van der Waals surface area (Å²) in [6, 6.07) is -0.301. The first-order valence-corrected chi connectivity index (χ1v) is 7.77. The number of hydrogen-bond acceptors (Lipinski definition) is 4. The van der Waals surface area contributed by atoms with Crippen LogP contribution < -0.4 is 10.0 Å². The first-order chi connectivity index (χ1) is 8.72. The maximum atomic E-state index is 11.5. The van der Waals surface area contributed by atoms with Crippen LogP contribution in [0.1, 0.15) is 19.3 Å². The lowest BCUT2D eigenvalue weighted by molar-refractivity contribution is -0.137. The molecule has 9 heteroatoms. The summed E-state index contributed by atoms with van der Waals surface area (Å²) in [6.07, 6.45) is 1.98. The summed E-state index contributed by atoms with van der Waals surface area (Å²) >= 11 is 0. The van der Waals surface area contributed by atoms with Crippen molar-refractivity contribution in [1.29, 1.82) is 0 Å². The standard InChI is InChI=1S/C10H21N3O5S/c1-13(8-3-5-9(14)15)10(16)11-6-4-7-12-19(2,17)18/h12H,3-8H2,1-2H3,(H,11,16)(H,14,15). The number of carboxylic acid groups (broad SMARTS) is 1. The second kappa shape index (κ2) is 8.70. The number of rotatable bonds is 9. The molecular formula is C10H21N3O5S. The first kappa shape index (κ1) is 17.6. The molecule has 0 aliphatic carbocycles. The van der Waals surface area contributed by atoms with E-state index in [4.69, 9.17) is 5.11 Å². The van der Waals surface area contributed by atoms with E-state index < -0.39 is 16.0 Å². The number of amides is 2. The number of nitrogens with zero attached hydrogens (tertiary/aromatic N) is 1. The quantitative estimate of drug-likeness (QED) is 0.493. The maximum Gasteiger partial charge on any atom is 0.317 e. The van der Waals surface area contributed by atoms with Crippen LogP contribution in [0.25, 0.3) is 0 Å². The highest BCUT2D eigenvalue weighted by Gasteiger charge is 2.08. The van der Waals surface area contributed by atoms with Crippen LogP contribution in [0.15, 0.2) is 0 Å². The van der Waals surface area contributed by atoms with Crippen LogP contribution in [0.4, 0.5) is 4.79 Å².